The molecule has 0 saturated heterocycles. The zero-order valence-corrected chi connectivity index (χ0v) is 13.4. The van der Waals surface area contributed by atoms with Crippen molar-refractivity contribution in [1.29, 1.82) is 0 Å². The van der Waals surface area contributed by atoms with Crippen molar-refractivity contribution < 1.29 is 4.39 Å². The first-order chi connectivity index (χ1) is 8.67. The van der Waals surface area contributed by atoms with Crippen LogP contribution in [0.3, 0.4) is 0 Å². The van der Waals surface area contributed by atoms with Crippen LogP contribution in [0.25, 0.3) is 0 Å². The maximum atomic E-state index is 13.8. The number of halogens is 2. The van der Waals surface area contributed by atoms with Crippen molar-refractivity contribution in [3.63, 3.8) is 0 Å². The maximum Gasteiger partial charge on any atom is 0.127 e. The fourth-order valence-corrected chi connectivity index (χ4v) is 2.84. The topological polar surface area (TPSA) is 12.0 Å². The first kappa shape index (κ1) is 16.0. The second kappa shape index (κ2) is 8.94. The van der Waals surface area contributed by atoms with Gasteiger partial charge >= 0.3 is 0 Å². The molecule has 102 valence electrons. The molecule has 0 heterocycles. The molecule has 0 aromatic heterocycles. The predicted octanol–water partition coefficient (Wildman–Crippen LogP) is 4.25. The standard InChI is InChI=1S/C14H21BrFNS/c1-3-7-17-13(10-18-4-2)8-11-5-6-12(15)9-14(11)16/h5-6,9,13,17H,3-4,7-8,10H2,1-2H3. The molecule has 4 heteroatoms. The molecular formula is C14H21BrFNS. The second-order valence-corrected chi connectivity index (χ2v) is 6.48. The second-order valence-electron chi connectivity index (χ2n) is 4.25. The summed E-state index contributed by atoms with van der Waals surface area (Å²) < 4.78 is 14.6. The maximum absolute atomic E-state index is 13.8. The number of rotatable bonds is 8. The van der Waals surface area contributed by atoms with Crippen LogP contribution in [-0.2, 0) is 6.42 Å². The number of benzene rings is 1. The minimum absolute atomic E-state index is 0.117. The van der Waals surface area contributed by atoms with Crippen LogP contribution in [0.1, 0.15) is 25.8 Å². The minimum Gasteiger partial charge on any atom is -0.313 e. The molecule has 0 radical (unpaired) electrons. The molecule has 1 atom stereocenters. The SMILES string of the molecule is CCCNC(CSCC)Cc1ccc(Br)cc1F. The van der Waals surface area contributed by atoms with Gasteiger partial charge in [-0.3, -0.25) is 0 Å². The van der Waals surface area contributed by atoms with Gasteiger partial charge in [-0.15, -0.1) is 0 Å². The van der Waals surface area contributed by atoms with Gasteiger partial charge in [0.1, 0.15) is 5.82 Å². The van der Waals surface area contributed by atoms with Crippen molar-refractivity contribution in [2.45, 2.75) is 32.7 Å². The molecule has 1 N–H and O–H groups in total. The van der Waals surface area contributed by atoms with Crippen molar-refractivity contribution >= 4 is 27.7 Å². The van der Waals surface area contributed by atoms with Gasteiger partial charge in [-0.1, -0.05) is 35.8 Å². The molecule has 0 aliphatic rings. The summed E-state index contributed by atoms with van der Waals surface area (Å²) in [6.45, 7) is 5.30. The summed E-state index contributed by atoms with van der Waals surface area (Å²) in [6, 6.07) is 5.67. The van der Waals surface area contributed by atoms with Crippen molar-refractivity contribution in [2.24, 2.45) is 0 Å². The highest BCUT2D eigenvalue weighted by atomic mass is 79.9. The number of hydrogen-bond acceptors (Lipinski definition) is 2. The highest BCUT2D eigenvalue weighted by molar-refractivity contribution is 9.10. The zero-order chi connectivity index (χ0) is 13.4. The average Bonchev–Trinajstić information content (AvgIpc) is 2.35. The van der Waals surface area contributed by atoms with Crippen LogP contribution in [0.15, 0.2) is 22.7 Å². The molecule has 18 heavy (non-hydrogen) atoms. The highest BCUT2D eigenvalue weighted by Gasteiger charge is 2.11. The molecule has 0 saturated carbocycles. The van der Waals surface area contributed by atoms with Gasteiger partial charge in [0, 0.05) is 16.3 Å². The molecule has 1 aromatic rings. The third-order valence-corrected chi connectivity index (χ3v) is 4.23. The van der Waals surface area contributed by atoms with Gasteiger partial charge in [0.15, 0.2) is 0 Å². The van der Waals surface area contributed by atoms with Gasteiger partial charge < -0.3 is 5.32 Å². The summed E-state index contributed by atoms with van der Waals surface area (Å²) in [4.78, 5) is 0. The Morgan fingerprint density at radius 2 is 2.17 bits per heavy atom. The summed E-state index contributed by atoms with van der Waals surface area (Å²) >= 11 is 5.19. The Morgan fingerprint density at radius 1 is 1.39 bits per heavy atom. The molecule has 1 nitrogen and oxygen atoms in total. The van der Waals surface area contributed by atoms with E-state index >= 15 is 0 Å². The lowest BCUT2D eigenvalue weighted by atomic mass is 10.1. The lowest BCUT2D eigenvalue weighted by Gasteiger charge is -2.18. The van der Waals surface area contributed by atoms with Crippen molar-refractivity contribution in [2.75, 3.05) is 18.1 Å². The normalized spacial score (nSPS) is 12.7. The van der Waals surface area contributed by atoms with E-state index in [9.17, 15) is 4.39 Å². The molecule has 1 rings (SSSR count). The van der Waals surface area contributed by atoms with Crippen LogP contribution in [0.5, 0.6) is 0 Å². The lowest BCUT2D eigenvalue weighted by Crippen LogP contribution is -2.34. The Bertz CT molecular complexity index is 352. The van der Waals surface area contributed by atoms with Gasteiger partial charge in [-0.25, -0.2) is 4.39 Å². The molecular weight excluding hydrogens is 313 g/mol. The fourth-order valence-electron chi connectivity index (χ4n) is 1.75. The number of nitrogens with one attached hydrogen (secondary N) is 1. The van der Waals surface area contributed by atoms with E-state index in [-0.39, 0.29) is 5.82 Å². The molecule has 1 unspecified atom stereocenters. The van der Waals surface area contributed by atoms with E-state index in [1.165, 1.54) is 0 Å². The smallest absolute Gasteiger partial charge is 0.127 e. The van der Waals surface area contributed by atoms with Crippen LogP contribution in [0.2, 0.25) is 0 Å². The van der Waals surface area contributed by atoms with Crippen molar-refractivity contribution in [3.8, 4) is 0 Å². The Hall–Kier alpha value is -0.0600. The Balaban J connectivity index is 2.62. The van der Waals surface area contributed by atoms with Crippen LogP contribution < -0.4 is 5.32 Å². The van der Waals surface area contributed by atoms with E-state index in [1.807, 2.05) is 23.9 Å². The van der Waals surface area contributed by atoms with Crippen molar-refractivity contribution in [3.05, 3.63) is 34.1 Å². The third-order valence-electron chi connectivity index (χ3n) is 2.69. The average molecular weight is 334 g/mol. The largest absolute Gasteiger partial charge is 0.313 e. The molecule has 0 spiro atoms. The molecule has 0 bridgehead atoms. The first-order valence-corrected chi connectivity index (χ1v) is 8.37. The first-order valence-electron chi connectivity index (χ1n) is 6.42. The Labute approximate surface area is 122 Å². The van der Waals surface area contributed by atoms with Crippen LogP contribution in [-0.4, -0.2) is 24.1 Å². The minimum atomic E-state index is -0.117. The summed E-state index contributed by atoms with van der Waals surface area (Å²) in [5.41, 5.74) is 0.795. The van der Waals surface area contributed by atoms with Gasteiger partial charge in [-0.2, -0.15) is 11.8 Å². The Morgan fingerprint density at radius 3 is 2.78 bits per heavy atom. The van der Waals surface area contributed by atoms with E-state index in [0.717, 1.165) is 40.9 Å². The Kier molecular flexibility index (Phi) is 7.95. The molecule has 1 aromatic carbocycles. The van der Waals surface area contributed by atoms with Crippen LogP contribution in [0.4, 0.5) is 4.39 Å². The fraction of sp³-hybridized carbons (Fsp3) is 0.571. The van der Waals surface area contributed by atoms with E-state index in [2.05, 4.69) is 35.1 Å². The van der Waals surface area contributed by atoms with E-state index < -0.39 is 0 Å². The van der Waals surface area contributed by atoms with Gasteiger partial charge in [0.25, 0.3) is 0 Å². The third kappa shape index (κ3) is 5.72. The monoisotopic (exact) mass is 333 g/mol. The summed E-state index contributed by atoms with van der Waals surface area (Å²) in [6.07, 6.45) is 1.86. The molecule has 0 fully saturated rings. The van der Waals surface area contributed by atoms with Gasteiger partial charge in [0.2, 0.25) is 0 Å². The van der Waals surface area contributed by atoms with E-state index in [1.54, 1.807) is 6.07 Å². The molecule has 0 aliphatic carbocycles. The quantitative estimate of drug-likeness (QED) is 0.763. The van der Waals surface area contributed by atoms with Crippen LogP contribution in [0, 0.1) is 5.82 Å². The summed E-state index contributed by atoms with van der Waals surface area (Å²) in [7, 11) is 0. The molecule has 0 amide bonds. The number of thioether (sulfide) groups is 1. The summed E-state index contributed by atoms with van der Waals surface area (Å²) in [5, 5.41) is 3.50. The van der Waals surface area contributed by atoms with Crippen molar-refractivity contribution in [1.82, 2.24) is 5.32 Å². The van der Waals surface area contributed by atoms with Gasteiger partial charge in [-0.05, 0) is 42.8 Å². The number of hydrogen-bond donors (Lipinski definition) is 1. The van der Waals surface area contributed by atoms with Gasteiger partial charge in [0.05, 0.1) is 0 Å². The van der Waals surface area contributed by atoms with E-state index in [0.29, 0.717) is 6.04 Å². The molecule has 0 aliphatic heterocycles. The van der Waals surface area contributed by atoms with E-state index in [4.69, 9.17) is 0 Å². The van der Waals surface area contributed by atoms with Crippen LogP contribution >= 0.6 is 27.7 Å². The zero-order valence-electron chi connectivity index (χ0n) is 11.0. The predicted molar refractivity (Wildman–Crippen MR) is 82.9 cm³/mol. The summed E-state index contributed by atoms with van der Waals surface area (Å²) in [5.74, 6) is 2.02. The highest BCUT2D eigenvalue weighted by Crippen LogP contribution is 2.17. The lowest BCUT2D eigenvalue weighted by molar-refractivity contribution is 0.530.